The highest BCUT2D eigenvalue weighted by atomic mass is 32.2. The number of nitrogens with zero attached hydrogens (tertiary/aromatic N) is 2. The van der Waals surface area contributed by atoms with Crippen LogP contribution in [-0.4, -0.2) is 36.3 Å². The van der Waals surface area contributed by atoms with Gasteiger partial charge in [0.1, 0.15) is 23.7 Å². The number of aromatic nitrogens is 1. The molecule has 0 spiro atoms. The van der Waals surface area contributed by atoms with Gasteiger partial charge in [-0.05, 0) is 17.7 Å². The number of sulfone groups is 1. The Kier molecular flexibility index (Phi) is 6.26. The van der Waals surface area contributed by atoms with E-state index in [0.717, 1.165) is 6.08 Å². The Bertz CT molecular complexity index is 978. The molecule has 1 heterocycles. The normalized spacial score (nSPS) is 23.4. The van der Waals surface area contributed by atoms with Gasteiger partial charge in [-0.15, -0.1) is 0 Å². The van der Waals surface area contributed by atoms with Crippen LogP contribution in [0.25, 0.3) is 0 Å². The molecule has 0 radical (unpaired) electrons. The molecule has 0 fully saturated rings. The molecule has 1 aliphatic carbocycles. The van der Waals surface area contributed by atoms with Crippen LogP contribution in [0.3, 0.4) is 0 Å². The van der Waals surface area contributed by atoms with Crippen LogP contribution in [0.15, 0.2) is 53.4 Å². The Labute approximate surface area is 158 Å². The van der Waals surface area contributed by atoms with Crippen LogP contribution in [-0.2, 0) is 9.84 Å². The van der Waals surface area contributed by atoms with Crippen LogP contribution in [0.5, 0.6) is 5.75 Å². The van der Waals surface area contributed by atoms with Crippen LogP contribution in [0.1, 0.15) is 18.4 Å². The van der Waals surface area contributed by atoms with Gasteiger partial charge in [0.25, 0.3) is 9.84 Å². The summed E-state index contributed by atoms with van der Waals surface area (Å²) in [6.07, 6.45) is -1.72. The molecule has 0 saturated heterocycles. The molecule has 0 unspecified atom stereocenters. The van der Waals surface area contributed by atoms with Crippen molar-refractivity contribution in [3.8, 4) is 11.8 Å². The molecule has 28 heavy (non-hydrogen) atoms. The van der Waals surface area contributed by atoms with Crippen LogP contribution in [0.4, 0.5) is 17.6 Å². The molecule has 6 nitrogen and oxygen atoms in total. The van der Waals surface area contributed by atoms with Crippen molar-refractivity contribution < 1.29 is 35.8 Å². The van der Waals surface area contributed by atoms with Gasteiger partial charge in [0, 0.05) is 25.1 Å². The number of halogens is 4. The summed E-state index contributed by atoms with van der Waals surface area (Å²) in [7, 11) is -5.79. The molecule has 150 valence electrons. The lowest BCUT2D eigenvalue weighted by molar-refractivity contribution is -0.0429. The number of rotatable bonds is 3. The van der Waals surface area contributed by atoms with E-state index in [-0.39, 0.29) is 22.6 Å². The predicted molar refractivity (Wildman–Crippen MR) is 90.0 cm³/mol. The number of allylic oxidation sites excluding steroid dienone is 3. The molecular weight excluding hydrogens is 404 g/mol. The van der Waals surface area contributed by atoms with Crippen molar-refractivity contribution in [2.24, 2.45) is 0 Å². The zero-order chi connectivity index (χ0) is 21.1. The Balaban J connectivity index is 2.51. The summed E-state index contributed by atoms with van der Waals surface area (Å²) in [4.78, 5) is 2.53. The maximum absolute atomic E-state index is 14.2. The Morgan fingerprint density at radius 1 is 1.29 bits per heavy atom. The van der Waals surface area contributed by atoms with E-state index in [9.17, 15) is 31.1 Å². The zero-order valence-corrected chi connectivity index (χ0v) is 15.0. The second kappa shape index (κ2) is 8.12. The minimum Gasteiger partial charge on any atom is -0.455 e. The van der Waals surface area contributed by atoms with Gasteiger partial charge in [-0.25, -0.2) is 12.8 Å². The second-order valence-electron chi connectivity index (χ2n) is 5.83. The van der Waals surface area contributed by atoms with Crippen molar-refractivity contribution >= 4 is 9.84 Å². The summed E-state index contributed by atoms with van der Waals surface area (Å²) in [5.74, 6) is -0.223. The third kappa shape index (κ3) is 4.76. The molecule has 1 aliphatic rings. The minimum absolute atomic E-state index is 0.00952. The van der Waals surface area contributed by atoms with Gasteiger partial charge in [0.05, 0.1) is 22.8 Å². The van der Waals surface area contributed by atoms with Gasteiger partial charge in [-0.2, -0.15) is 18.4 Å². The van der Waals surface area contributed by atoms with E-state index >= 15 is 0 Å². The minimum atomic E-state index is -5.79. The van der Waals surface area contributed by atoms with Crippen molar-refractivity contribution in [1.29, 1.82) is 5.26 Å². The third-order valence-electron chi connectivity index (χ3n) is 3.76. The maximum Gasteiger partial charge on any atom is 0.501 e. The zero-order valence-electron chi connectivity index (χ0n) is 14.1. The van der Waals surface area contributed by atoms with Crippen LogP contribution in [0, 0.1) is 11.3 Å². The molecule has 0 bridgehead atoms. The number of aliphatic hydroxyl groups excluding tert-OH is 1. The first-order chi connectivity index (χ1) is 13.0. The second-order valence-corrected chi connectivity index (χ2v) is 7.83. The number of hydrogen-bond donors (Lipinski definition) is 1. The van der Waals surface area contributed by atoms with Gasteiger partial charge in [0.2, 0.25) is 0 Å². The summed E-state index contributed by atoms with van der Waals surface area (Å²) >= 11 is 0. The Morgan fingerprint density at radius 3 is 2.57 bits per heavy atom. The molecule has 11 heteroatoms. The fourth-order valence-corrected chi connectivity index (χ4v) is 3.21. The first kappa shape index (κ1) is 21.6. The molecule has 0 amide bonds. The summed E-state index contributed by atoms with van der Waals surface area (Å²) < 4.78 is 81.6. The van der Waals surface area contributed by atoms with E-state index in [1.165, 1.54) is 18.5 Å². The van der Waals surface area contributed by atoms with Gasteiger partial charge in [0.15, 0.2) is 0 Å². The summed E-state index contributed by atoms with van der Waals surface area (Å²) in [5, 5.41) is 18.6. The van der Waals surface area contributed by atoms with Crippen molar-refractivity contribution in [2.45, 2.75) is 30.6 Å². The van der Waals surface area contributed by atoms with Crippen LogP contribution >= 0.6 is 0 Å². The largest absolute Gasteiger partial charge is 0.501 e. The summed E-state index contributed by atoms with van der Waals surface area (Å²) in [6.45, 7) is 3.57. The van der Waals surface area contributed by atoms with Crippen molar-refractivity contribution in [3.63, 3.8) is 0 Å². The molecule has 1 aromatic heterocycles. The first-order valence-corrected chi connectivity index (χ1v) is 9.19. The fourth-order valence-electron chi connectivity index (χ4n) is 2.28. The number of ether oxygens (including phenoxy) is 1. The molecule has 0 aliphatic heterocycles. The van der Waals surface area contributed by atoms with E-state index in [1.54, 1.807) is 0 Å². The van der Waals surface area contributed by atoms with Gasteiger partial charge in [-0.1, -0.05) is 6.58 Å². The number of nitriles is 1. The average Bonchev–Trinajstić information content (AvgIpc) is 2.66. The quantitative estimate of drug-likeness (QED) is 0.758. The molecule has 2 atom stereocenters. The van der Waals surface area contributed by atoms with E-state index in [1.807, 2.05) is 6.07 Å². The number of pyridine rings is 1. The molecule has 0 aromatic carbocycles. The standard InChI is InChI=1S/C17H14F4N2O4S/c1-10-4-14(18)15(24)6-13(28(25,26)17(19,20)21)2-3-16(10)27-12-5-11(7-22)8-23-9-12/h2-3,5,8-9,14-15,24H,1,4,6H2/b13-2+,16-3?/t14-,15+/m1/s1. The SMILES string of the molecule is C=C1C[C@@H](F)[C@@H](O)C/C(S(=O)(=O)C(F)(F)F)=C\C=C1Oc1cncc(C#N)c1. The van der Waals surface area contributed by atoms with Gasteiger partial charge in [-0.3, -0.25) is 4.98 Å². The number of hydrogen-bond acceptors (Lipinski definition) is 6. The van der Waals surface area contributed by atoms with E-state index < -0.39 is 45.4 Å². The molecule has 0 saturated carbocycles. The van der Waals surface area contributed by atoms with Crippen molar-refractivity contribution in [3.05, 3.63) is 59.0 Å². The maximum atomic E-state index is 14.2. The van der Waals surface area contributed by atoms with E-state index in [2.05, 4.69) is 11.6 Å². The molecule has 1 aromatic rings. The molecule has 2 rings (SSSR count). The lowest BCUT2D eigenvalue weighted by Gasteiger charge is -2.18. The lowest BCUT2D eigenvalue weighted by Crippen LogP contribution is -2.29. The average molecular weight is 418 g/mol. The highest BCUT2D eigenvalue weighted by molar-refractivity contribution is 7.96. The first-order valence-electron chi connectivity index (χ1n) is 7.71. The lowest BCUT2D eigenvalue weighted by atomic mass is 10.0. The van der Waals surface area contributed by atoms with E-state index in [4.69, 9.17) is 10.00 Å². The Hall–Kier alpha value is -2.71. The van der Waals surface area contributed by atoms with Crippen molar-refractivity contribution in [2.75, 3.05) is 0 Å². The number of alkyl halides is 4. The van der Waals surface area contributed by atoms with Crippen LogP contribution < -0.4 is 4.74 Å². The smallest absolute Gasteiger partial charge is 0.455 e. The summed E-state index contributed by atoms with van der Waals surface area (Å²) in [5.41, 5.74) is -5.52. The number of aliphatic hydroxyl groups is 1. The summed E-state index contributed by atoms with van der Waals surface area (Å²) in [6, 6.07) is 3.08. The molecular formula is C17H14F4N2O4S. The van der Waals surface area contributed by atoms with Gasteiger partial charge >= 0.3 is 5.51 Å². The topological polar surface area (TPSA) is 100 Å². The van der Waals surface area contributed by atoms with E-state index in [0.29, 0.717) is 6.08 Å². The highest BCUT2D eigenvalue weighted by Crippen LogP contribution is 2.34. The predicted octanol–water partition coefficient (Wildman–Crippen LogP) is 3.08. The van der Waals surface area contributed by atoms with Gasteiger partial charge < -0.3 is 9.84 Å². The molecule has 1 N–H and O–H groups in total. The highest BCUT2D eigenvalue weighted by Gasteiger charge is 2.48. The third-order valence-corrected chi connectivity index (χ3v) is 5.36. The van der Waals surface area contributed by atoms with Crippen LogP contribution in [0.2, 0.25) is 0 Å². The monoisotopic (exact) mass is 418 g/mol. The Morgan fingerprint density at radius 2 is 1.96 bits per heavy atom. The fraction of sp³-hybridized carbons (Fsp3) is 0.294. The van der Waals surface area contributed by atoms with Crippen molar-refractivity contribution in [1.82, 2.24) is 4.98 Å².